The summed E-state index contributed by atoms with van der Waals surface area (Å²) in [6, 6.07) is 24.3. The summed E-state index contributed by atoms with van der Waals surface area (Å²) in [5.74, 6) is -0.305. The van der Waals surface area contributed by atoms with Crippen molar-refractivity contribution < 1.29 is 19.1 Å². The van der Waals surface area contributed by atoms with Crippen molar-refractivity contribution in [2.24, 2.45) is 0 Å². The lowest BCUT2D eigenvalue weighted by molar-refractivity contribution is 0.0520. The van der Waals surface area contributed by atoms with E-state index in [9.17, 15) is 9.59 Å². The van der Waals surface area contributed by atoms with Gasteiger partial charge in [-0.1, -0.05) is 72.8 Å². The minimum Gasteiger partial charge on any atom is -0.461 e. The minimum absolute atomic E-state index is 0.0512. The fourth-order valence-electron chi connectivity index (χ4n) is 4.69. The Morgan fingerprint density at radius 3 is 2.39 bits per heavy atom. The van der Waals surface area contributed by atoms with Gasteiger partial charge in [0.1, 0.15) is 12.3 Å². The average Bonchev–Trinajstić information content (AvgIpc) is 3.46. The number of aromatic amines is 1. The van der Waals surface area contributed by atoms with Crippen molar-refractivity contribution in [2.75, 3.05) is 19.8 Å². The molecule has 36 heavy (non-hydrogen) atoms. The third-order valence-corrected chi connectivity index (χ3v) is 6.38. The molecule has 3 aromatic carbocycles. The highest BCUT2D eigenvalue weighted by molar-refractivity contribution is 5.95. The molecule has 4 aromatic rings. The summed E-state index contributed by atoms with van der Waals surface area (Å²) in [4.78, 5) is 27.3. The van der Waals surface area contributed by atoms with Gasteiger partial charge in [-0.3, -0.25) is 0 Å². The summed E-state index contributed by atoms with van der Waals surface area (Å²) in [6.45, 7) is 2.91. The molecule has 0 radical (unpaired) electrons. The second kappa shape index (κ2) is 10.5. The Labute approximate surface area is 209 Å². The van der Waals surface area contributed by atoms with Crippen LogP contribution in [0.25, 0.3) is 28.1 Å². The van der Waals surface area contributed by atoms with Crippen LogP contribution in [-0.4, -0.2) is 36.8 Å². The van der Waals surface area contributed by atoms with Crippen LogP contribution in [0.3, 0.4) is 0 Å². The van der Waals surface area contributed by atoms with Crippen LogP contribution in [0.1, 0.15) is 46.4 Å². The number of alkyl carbamates (subject to hydrolysis) is 1. The van der Waals surface area contributed by atoms with Crippen LogP contribution < -0.4 is 5.32 Å². The summed E-state index contributed by atoms with van der Waals surface area (Å²) in [5, 5.41) is 3.78. The number of hydrogen-bond acceptors (Lipinski definition) is 4. The molecule has 182 valence electrons. The molecule has 6 nitrogen and oxygen atoms in total. The highest BCUT2D eigenvalue weighted by Gasteiger charge is 2.28. The summed E-state index contributed by atoms with van der Waals surface area (Å²) < 4.78 is 10.6. The number of esters is 1. The molecular formula is C30H28N2O4. The average molecular weight is 481 g/mol. The highest BCUT2D eigenvalue weighted by Crippen LogP contribution is 2.44. The first-order valence-corrected chi connectivity index (χ1v) is 12.2. The maximum absolute atomic E-state index is 12.3. The van der Waals surface area contributed by atoms with Gasteiger partial charge in [0, 0.05) is 23.4 Å². The molecule has 1 aliphatic carbocycles. The molecule has 0 saturated heterocycles. The van der Waals surface area contributed by atoms with E-state index in [0.29, 0.717) is 31.9 Å². The second-order valence-corrected chi connectivity index (χ2v) is 8.69. The molecule has 0 atom stereocenters. The molecule has 2 N–H and O–H groups in total. The van der Waals surface area contributed by atoms with Gasteiger partial charge in [-0.2, -0.15) is 0 Å². The smallest absolute Gasteiger partial charge is 0.407 e. The first kappa shape index (κ1) is 23.4. The lowest BCUT2D eigenvalue weighted by Gasteiger charge is -2.14. The van der Waals surface area contributed by atoms with E-state index in [-0.39, 0.29) is 11.9 Å². The van der Waals surface area contributed by atoms with Crippen molar-refractivity contribution in [3.05, 3.63) is 101 Å². The molecule has 1 aliphatic rings. The number of hydrogen-bond donors (Lipinski definition) is 2. The first-order chi connectivity index (χ1) is 17.6. The number of rotatable bonds is 8. The van der Waals surface area contributed by atoms with E-state index in [1.165, 1.54) is 22.3 Å². The van der Waals surface area contributed by atoms with Crippen molar-refractivity contribution in [1.29, 1.82) is 0 Å². The number of ether oxygens (including phenoxy) is 2. The predicted molar refractivity (Wildman–Crippen MR) is 141 cm³/mol. The van der Waals surface area contributed by atoms with Gasteiger partial charge in [0.15, 0.2) is 0 Å². The highest BCUT2D eigenvalue weighted by atomic mass is 16.5. The zero-order chi connectivity index (χ0) is 24.9. The van der Waals surface area contributed by atoms with Gasteiger partial charge >= 0.3 is 12.1 Å². The van der Waals surface area contributed by atoms with Crippen LogP contribution in [-0.2, 0) is 9.47 Å². The third-order valence-electron chi connectivity index (χ3n) is 6.38. The molecule has 0 saturated carbocycles. The van der Waals surface area contributed by atoms with Crippen LogP contribution in [0.2, 0.25) is 0 Å². The minimum atomic E-state index is -0.412. The molecule has 0 bridgehead atoms. The van der Waals surface area contributed by atoms with E-state index in [1.807, 2.05) is 54.6 Å². The van der Waals surface area contributed by atoms with Gasteiger partial charge in [0.2, 0.25) is 0 Å². The van der Waals surface area contributed by atoms with Crippen LogP contribution in [0.15, 0.2) is 78.9 Å². The summed E-state index contributed by atoms with van der Waals surface area (Å²) in [5.41, 5.74) is 7.13. The lowest BCUT2D eigenvalue weighted by atomic mass is 9.98. The third kappa shape index (κ3) is 4.89. The second-order valence-electron chi connectivity index (χ2n) is 8.69. The van der Waals surface area contributed by atoms with Gasteiger partial charge in [-0.25, -0.2) is 9.59 Å². The Morgan fingerprint density at radius 1 is 0.944 bits per heavy atom. The number of benzene rings is 3. The van der Waals surface area contributed by atoms with E-state index >= 15 is 0 Å². The molecule has 0 unspecified atom stereocenters. The SMILES string of the molecule is CCOC(=O)c1cc2ccc(C=CCCNC(=O)OCC3c4ccccc4-c4ccccc43)cc2[nH]1. The van der Waals surface area contributed by atoms with E-state index in [0.717, 1.165) is 16.5 Å². The van der Waals surface area contributed by atoms with Gasteiger partial charge < -0.3 is 19.8 Å². The Kier molecular flexibility index (Phi) is 6.85. The number of carbonyl (C=O) groups excluding carboxylic acids is 2. The number of fused-ring (bicyclic) bond motifs is 4. The van der Waals surface area contributed by atoms with E-state index in [1.54, 1.807) is 13.0 Å². The Morgan fingerprint density at radius 2 is 1.67 bits per heavy atom. The topological polar surface area (TPSA) is 80.4 Å². The van der Waals surface area contributed by atoms with E-state index in [2.05, 4.69) is 34.6 Å². The monoisotopic (exact) mass is 480 g/mol. The molecule has 0 aliphatic heterocycles. The Balaban J connectivity index is 1.11. The summed E-state index contributed by atoms with van der Waals surface area (Å²) >= 11 is 0. The quantitative estimate of drug-likeness (QED) is 0.230. The van der Waals surface area contributed by atoms with E-state index in [4.69, 9.17) is 9.47 Å². The molecule has 0 fully saturated rings. The van der Waals surface area contributed by atoms with Crippen molar-refractivity contribution in [1.82, 2.24) is 10.3 Å². The van der Waals surface area contributed by atoms with Crippen LogP contribution in [0, 0.1) is 0 Å². The predicted octanol–water partition coefficient (Wildman–Crippen LogP) is 6.29. The fourth-order valence-corrected chi connectivity index (χ4v) is 4.69. The van der Waals surface area contributed by atoms with Gasteiger partial charge in [0.25, 0.3) is 0 Å². The molecule has 0 spiro atoms. The maximum Gasteiger partial charge on any atom is 0.407 e. The van der Waals surface area contributed by atoms with Crippen LogP contribution in [0.4, 0.5) is 4.79 Å². The summed E-state index contributed by atoms with van der Waals surface area (Å²) in [7, 11) is 0. The lowest BCUT2D eigenvalue weighted by Crippen LogP contribution is -2.26. The standard InChI is InChI=1S/C30H28N2O4/c1-2-35-29(33)28-18-21-15-14-20(17-27(21)32-28)9-7-8-16-31-30(34)36-19-26-24-12-5-3-10-22(24)23-11-4-6-13-25(23)26/h3-7,9-15,17-18,26,32H,2,8,16,19H2,1H3,(H,31,34). The van der Waals surface area contributed by atoms with Gasteiger partial charge in [-0.15, -0.1) is 0 Å². The number of amides is 1. The molecule has 1 amide bonds. The molecule has 6 heteroatoms. The molecule has 1 aromatic heterocycles. The maximum atomic E-state index is 12.3. The van der Waals surface area contributed by atoms with Crippen molar-refractivity contribution in [3.63, 3.8) is 0 Å². The summed E-state index contributed by atoms with van der Waals surface area (Å²) in [6.07, 6.45) is 4.25. The van der Waals surface area contributed by atoms with Crippen molar-refractivity contribution >= 4 is 29.0 Å². The number of aromatic nitrogens is 1. The zero-order valence-electron chi connectivity index (χ0n) is 20.1. The first-order valence-electron chi connectivity index (χ1n) is 12.2. The molecule has 1 heterocycles. The van der Waals surface area contributed by atoms with Gasteiger partial charge in [0.05, 0.1) is 6.61 Å². The zero-order valence-corrected chi connectivity index (χ0v) is 20.1. The van der Waals surface area contributed by atoms with Crippen molar-refractivity contribution in [2.45, 2.75) is 19.3 Å². The largest absolute Gasteiger partial charge is 0.461 e. The Hall–Kier alpha value is -4.32. The van der Waals surface area contributed by atoms with E-state index < -0.39 is 6.09 Å². The number of H-pyrrole nitrogens is 1. The normalized spacial score (nSPS) is 12.5. The Bertz CT molecular complexity index is 1390. The number of nitrogens with one attached hydrogen (secondary N) is 2. The molecule has 5 rings (SSSR count). The molecular weight excluding hydrogens is 452 g/mol. The van der Waals surface area contributed by atoms with Gasteiger partial charge in [-0.05, 0) is 53.3 Å². The number of carbonyl (C=O) groups is 2. The van der Waals surface area contributed by atoms with Crippen LogP contribution >= 0.6 is 0 Å². The van der Waals surface area contributed by atoms with Crippen molar-refractivity contribution in [3.8, 4) is 11.1 Å². The fraction of sp³-hybridized carbons (Fsp3) is 0.200. The van der Waals surface area contributed by atoms with Crippen LogP contribution in [0.5, 0.6) is 0 Å².